The van der Waals surface area contributed by atoms with Crippen molar-refractivity contribution in [3.63, 3.8) is 0 Å². The van der Waals surface area contributed by atoms with Crippen LogP contribution in [-0.4, -0.2) is 18.9 Å². The monoisotopic (exact) mass is 271 g/mol. The lowest BCUT2D eigenvalue weighted by atomic mass is 9.75. The Hall–Kier alpha value is -1.31. The van der Waals surface area contributed by atoms with E-state index < -0.39 is 0 Å². The fraction of sp³-hybridized carbons (Fsp3) is 0.611. The first-order chi connectivity index (χ1) is 9.79. The minimum absolute atomic E-state index is 0.270. The molecule has 2 fully saturated rings. The molecule has 0 aromatic heterocycles. The highest BCUT2D eigenvalue weighted by molar-refractivity contribution is 6.01. The summed E-state index contributed by atoms with van der Waals surface area (Å²) in [5.74, 6) is 2.06. The predicted molar refractivity (Wildman–Crippen MR) is 83.3 cm³/mol. The summed E-state index contributed by atoms with van der Waals surface area (Å²) in [6.45, 7) is 4.22. The predicted octanol–water partition coefficient (Wildman–Crippen LogP) is 4.30. The Bertz CT molecular complexity index is 482. The Morgan fingerprint density at radius 3 is 2.70 bits per heavy atom. The molecule has 1 heterocycles. The number of ketones is 1. The van der Waals surface area contributed by atoms with E-state index in [1.54, 1.807) is 0 Å². The van der Waals surface area contributed by atoms with Crippen molar-refractivity contribution in [1.82, 2.24) is 0 Å². The number of Topliss-reactive ketones (excluding diaryl/α,β-unsaturated/α-hetero) is 1. The normalized spacial score (nSPS) is 26.1. The van der Waals surface area contributed by atoms with Gasteiger partial charge in [-0.3, -0.25) is 4.79 Å². The fourth-order valence-electron chi connectivity index (χ4n) is 4.00. The lowest BCUT2D eigenvalue weighted by molar-refractivity contribution is 0.0988. The number of nitrogens with zero attached hydrogens (tertiary/aromatic N) is 1. The molecule has 1 aromatic carbocycles. The average Bonchev–Trinajstić information content (AvgIpc) is 2.53. The van der Waals surface area contributed by atoms with Crippen molar-refractivity contribution in [2.24, 2.45) is 11.8 Å². The molecule has 2 unspecified atom stereocenters. The van der Waals surface area contributed by atoms with Crippen LogP contribution in [0.5, 0.6) is 0 Å². The number of carbonyl (C=O) groups is 1. The third-order valence-electron chi connectivity index (χ3n) is 5.16. The maximum absolute atomic E-state index is 12.1. The quantitative estimate of drug-likeness (QED) is 0.764. The van der Waals surface area contributed by atoms with Crippen LogP contribution in [0.2, 0.25) is 0 Å². The zero-order chi connectivity index (χ0) is 13.9. The maximum Gasteiger partial charge on any atom is 0.164 e. The standard InChI is InChI=1S/C18H25NO/c1-2-18(20)16-9-5-6-10-17(16)19-12-11-14-7-3-4-8-15(14)13-19/h5-6,9-10,14-15H,2-4,7-8,11-13H2,1H3. The van der Waals surface area contributed by atoms with Gasteiger partial charge in [-0.1, -0.05) is 38.3 Å². The molecule has 0 N–H and O–H groups in total. The van der Waals surface area contributed by atoms with Gasteiger partial charge in [0.25, 0.3) is 0 Å². The summed E-state index contributed by atoms with van der Waals surface area (Å²) < 4.78 is 0. The van der Waals surface area contributed by atoms with Crippen molar-refractivity contribution >= 4 is 11.5 Å². The summed E-state index contributed by atoms with van der Waals surface area (Å²) in [5.41, 5.74) is 2.09. The second-order valence-electron chi connectivity index (χ2n) is 6.33. The summed E-state index contributed by atoms with van der Waals surface area (Å²) in [7, 11) is 0. The molecule has 2 nitrogen and oxygen atoms in total. The number of piperidine rings is 1. The minimum Gasteiger partial charge on any atom is -0.371 e. The smallest absolute Gasteiger partial charge is 0.164 e. The van der Waals surface area contributed by atoms with Gasteiger partial charge in [-0.05, 0) is 36.8 Å². The first-order valence-electron chi connectivity index (χ1n) is 8.16. The van der Waals surface area contributed by atoms with Crippen LogP contribution < -0.4 is 4.90 Å². The first kappa shape index (κ1) is 13.7. The van der Waals surface area contributed by atoms with E-state index in [0.717, 1.165) is 30.5 Å². The van der Waals surface area contributed by atoms with Crippen LogP contribution >= 0.6 is 0 Å². The van der Waals surface area contributed by atoms with Crippen molar-refractivity contribution in [1.29, 1.82) is 0 Å². The van der Waals surface area contributed by atoms with Gasteiger partial charge >= 0.3 is 0 Å². The molecular weight excluding hydrogens is 246 g/mol. The molecule has 0 bridgehead atoms. The molecule has 1 aromatic rings. The number of rotatable bonds is 3. The van der Waals surface area contributed by atoms with Gasteiger partial charge in [0, 0.05) is 30.8 Å². The molecule has 1 saturated carbocycles. The Morgan fingerprint density at radius 2 is 1.90 bits per heavy atom. The topological polar surface area (TPSA) is 20.3 Å². The van der Waals surface area contributed by atoms with Gasteiger partial charge in [-0.25, -0.2) is 0 Å². The molecule has 1 aliphatic heterocycles. The molecule has 108 valence electrons. The van der Waals surface area contributed by atoms with Crippen LogP contribution in [0.1, 0.15) is 55.8 Å². The molecule has 20 heavy (non-hydrogen) atoms. The number of hydrogen-bond acceptors (Lipinski definition) is 2. The molecule has 1 saturated heterocycles. The van der Waals surface area contributed by atoms with E-state index in [0.29, 0.717) is 6.42 Å². The molecule has 1 aliphatic carbocycles. The zero-order valence-electron chi connectivity index (χ0n) is 12.5. The lowest BCUT2D eigenvalue weighted by Gasteiger charge is -2.42. The second kappa shape index (κ2) is 5.99. The Labute approximate surface area is 122 Å². The van der Waals surface area contributed by atoms with Gasteiger partial charge in [0.2, 0.25) is 0 Å². The van der Waals surface area contributed by atoms with E-state index in [1.165, 1.54) is 37.8 Å². The second-order valence-corrected chi connectivity index (χ2v) is 6.33. The molecule has 2 aliphatic rings. The molecule has 0 radical (unpaired) electrons. The van der Waals surface area contributed by atoms with Crippen LogP contribution in [0.25, 0.3) is 0 Å². The number of carbonyl (C=O) groups excluding carboxylic acids is 1. The van der Waals surface area contributed by atoms with E-state index in [2.05, 4.69) is 17.0 Å². The number of anilines is 1. The molecule has 0 spiro atoms. The maximum atomic E-state index is 12.1. The minimum atomic E-state index is 0.270. The van der Waals surface area contributed by atoms with Crippen molar-refractivity contribution in [2.45, 2.75) is 45.4 Å². The van der Waals surface area contributed by atoms with E-state index in [1.807, 2.05) is 19.1 Å². The van der Waals surface area contributed by atoms with Crippen LogP contribution in [0.3, 0.4) is 0 Å². The van der Waals surface area contributed by atoms with Gasteiger partial charge in [0.15, 0.2) is 5.78 Å². The number of fused-ring (bicyclic) bond motifs is 1. The Kier molecular flexibility index (Phi) is 4.09. The van der Waals surface area contributed by atoms with Gasteiger partial charge in [-0.2, -0.15) is 0 Å². The Balaban J connectivity index is 1.81. The van der Waals surface area contributed by atoms with Crippen molar-refractivity contribution in [2.75, 3.05) is 18.0 Å². The summed E-state index contributed by atoms with van der Waals surface area (Å²) in [4.78, 5) is 14.6. The summed E-state index contributed by atoms with van der Waals surface area (Å²) in [5, 5.41) is 0. The third-order valence-corrected chi connectivity index (χ3v) is 5.16. The number of para-hydroxylation sites is 1. The summed E-state index contributed by atoms with van der Waals surface area (Å²) in [6.07, 6.45) is 7.52. The fourth-order valence-corrected chi connectivity index (χ4v) is 4.00. The Morgan fingerprint density at radius 1 is 1.15 bits per heavy atom. The molecule has 3 rings (SSSR count). The van der Waals surface area contributed by atoms with Gasteiger partial charge in [-0.15, -0.1) is 0 Å². The summed E-state index contributed by atoms with van der Waals surface area (Å²) >= 11 is 0. The number of benzene rings is 1. The first-order valence-corrected chi connectivity index (χ1v) is 8.16. The zero-order valence-corrected chi connectivity index (χ0v) is 12.5. The van der Waals surface area contributed by atoms with Crippen LogP contribution in [-0.2, 0) is 0 Å². The summed E-state index contributed by atoms with van der Waals surface area (Å²) in [6, 6.07) is 8.18. The third kappa shape index (κ3) is 2.61. The lowest BCUT2D eigenvalue weighted by Crippen LogP contribution is -2.42. The van der Waals surface area contributed by atoms with Crippen LogP contribution in [0.15, 0.2) is 24.3 Å². The van der Waals surface area contributed by atoms with Gasteiger partial charge in [0.05, 0.1) is 0 Å². The van der Waals surface area contributed by atoms with Crippen LogP contribution in [0, 0.1) is 11.8 Å². The van der Waals surface area contributed by atoms with Gasteiger partial charge < -0.3 is 4.90 Å². The van der Waals surface area contributed by atoms with Crippen molar-refractivity contribution in [3.8, 4) is 0 Å². The SMILES string of the molecule is CCC(=O)c1ccccc1N1CCC2CCCCC2C1. The number of hydrogen-bond donors (Lipinski definition) is 0. The highest BCUT2D eigenvalue weighted by Crippen LogP contribution is 2.38. The average molecular weight is 271 g/mol. The van der Waals surface area contributed by atoms with Crippen LogP contribution in [0.4, 0.5) is 5.69 Å². The highest BCUT2D eigenvalue weighted by atomic mass is 16.1. The van der Waals surface area contributed by atoms with E-state index in [4.69, 9.17) is 0 Å². The largest absolute Gasteiger partial charge is 0.371 e. The molecule has 0 amide bonds. The van der Waals surface area contributed by atoms with Gasteiger partial charge in [0.1, 0.15) is 0 Å². The van der Waals surface area contributed by atoms with E-state index >= 15 is 0 Å². The molecular formula is C18H25NO. The van der Waals surface area contributed by atoms with Crippen molar-refractivity contribution < 1.29 is 4.79 Å². The van der Waals surface area contributed by atoms with E-state index in [-0.39, 0.29) is 5.78 Å². The molecule has 2 atom stereocenters. The van der Waals surface area contributed by atoms with E-state index in [9.17, 15) is 4.79 Å². The van der Waals surface area contributed by atoms with Crippen molar-refractivity contribution in [3.05, 3.63) is 29.8 Å². The molecule has 2 heteroatoms. The highest BCUT2D eigenvalue weighted by Gasteiger charge is 2.32.